The summed E-state index contributed by atoms with van der Waals surface area (Å²) in [7, 11) is 5.17. The second kappa shape index (κ2) is 21.0. The molecule has 0 unspecified atom stereocenters. The topological polar surface area (TPSA) is 196 Å². The van der Waals surface area contributed by atoms with Gasteiger partial charge in [0.25, 0.3) is 0 Å². The molecule has 2 bridgehead atoms. The van der Waals surface area contributed by atoms with Crippen molar-refractivity contribution in [2.45, 2.75) is 82.4 Å². The van der Waals surface area contributed by atoms with Crippen molar-refractivity contribution in [1.29, 1.82) is 5.26 Å². The lowest BCUT2D eigenvalue weighted by Gasteiger charge is -2.32. The van der Waals surface area contributed by atoms with Crippen LogP contribution in [0.1, 0.15) is 48.5 Å². The molecule has 5 aromatic carbocycles. The van der Waals surface area contributed by atoms with Gasteiger partial charge in [-0.25, -0.2) is 23.9 Å². The van der Waals surface area contributed by atoms with Crippen LogP contribution in [0.5, 0.6) is 5.75 Å². The van der Waals surface area contributed by atoms with Gasteiger partial charge in [-0.1, -0.05) is 83.5 Å². The van der Waals surface area contributed by atoms with Crippen LogP contribution >= 0.6 is 15.9 Å². The lowest BCUT2D eigenvalue weighted by Crippen LogP contribution is -2.49. The standard InChI is InChI=1S/C31H24BrFN6O2.C28H30N2O7/c1-41-29-11-20(9-10-21(29)13-34)15-38-19-35-14-22(38)12-31(40)39-18-30-36-27(23-5-2-3-6-25(23)32)17-37(30)16-24-26(33)7-4-8-28(24)39;1-14-21-19-12-18(26(32)34-19)22(30(3)4)23(24-28(2,37-24)13-20(21)35-25(14)31)36-27(33)29-17-10-9-15-7-5-6-8-16(15)11-17/h2-11,14,17,19H,12,15-16,18H2,1H3;5-12,14,19-24H,13H2,1-4H3,(H,29,33)/t;14-,19-,20+,21+,22+,23-,24+,28+/m.1/s1. The summed E-state index contributed by atoms with van der Waals surface area (Å²) in [6.45, 7) is 4.63. The molecule has 1 N–H and O–H groups in total. The highest BCUT2D eigenvalue weighted by Gasteiger charge is 2.65. The molecule has 7 aromatic rings. The Bertz CT molecular complexity index is 3610. The van der Waals surface area contributed by atoms with E-state index in [4.69, 9.17) is 28.7 Å². The number of imidazole rings is 2. The van der Waals surface area contributed by atoms with Crippen molar-refractivity contribution < 1.29 is 47.3 Å². The zero-order chi connectivity index (χ0) is 54.6. The maximum atomic E-state index is 15.2. The molecule has 2 saturated heterocycles. The Labute approximate surface area is 457 Å². The fourth-order valence-electron chi connectivity index (χ4n) is 11.3. The summed E-state index contributed by atoms with van der Waals surface area (Å²) < 4.78 is 48.8. The minimum absolute atomic E-state index is 0.0567. The fourth-order valence-corrected chi connectivity index (χ4v) is 11.8. The Morgan fingerprint density at radius 3 is 2.56 bits per heavy atom. The molecule has 2 amide bonds. The second-order valence-corrected chi connectivity index (χ2v) is 21.4. The van der Waals surface area contributed by atoms with Gasteiger partial charge < -0.3 is 37.7 Å². The predicted octanol–water partition coefficient (Wildman–Crippen LogP) is 8.99. The quantitative estimate of drug-likeness (QED) is 0.0818. The summed E-state index contributed by atoms with van der Waals surface area (Å²) >= 11 is 3.59. The number of aromatic nitrogens is 4. The van der Waals surface area contributed by atoms with Crippen molar-refractivity contribution in [2.75, 3.05) is 31.4 Å². The summed E-state index contributed by atoms with van der Waals surface area (Å²) in [6, 6.07) is 33.0. The van der Waals surface area contributed by atoms with Gasteiger partial charge in [0.2, 0.25) is 5.91 Å². The van der Waals surface area contributed by atoms with Crippen molar-refractivity contribution >= 4 is 62.0 Å². The van der Waals surface area contributed by atoms with Gasteiger partial charge in [-0.15, -0.1) is 0 Å². The van der Waals surface area contributed by atoms with Gasteiger partial charge in [-0.3, -0.25) is 19.8 Å². The largest absolute Gasteiger partial charge is 0.495 e. The highest BCUT2D eigenvalue weighted by molar-refractivity contribution is 9.10. The van der Waals surface area contributed by atoms with Gasteiger partial charge in [-0.2, -0.15) is 5.26 Å². The number of likely N-dealkylation sites (N-methyl/N-ethyl adjacent to an activating group) is 1. The fraction of sp³-hybridized carbons (Fsp3) is 0.305. The Morgan fingerprint density at radius 1 is 0.987 bits per heavy atom. The van der Waals surface area contributed by atoms with Gasteiger partial charge >= 0.3 is 18.0 Å². The molecule has 1 aliphatic carbocycles. The van der Waals surface area contributed by atoms with Crippen molar-refractivity contribution in [1.82, 2.24) is 24.0 Å². The van der Waals surface area contributed by atoms with Gasteiger partial charge in [-0.05, 0) is 85.9 Å². The number of nitrogens with zero attached hydrogens (tertiary/aromatic N) is 7. The number of hydrogen-bond acceptors (Lipinski definition) is 13. The second-order valence-electron chi connectivity index (χ2n) is 20.6. The van der Waals surface area contributed by atoms with E-state index in [0.717, 1.165) is 32.1 Å². The van der Waals surface area contributed by atoms with Crippen molar-refractivity contribution in [3.63, 3.8) is 0 Å². The molecule has 2 aromatic heterocycles. The SMILES string of the molecule is COc1cc(Cn2cncc2CC(=O)N2Cc3nc(-c4ccccc4Br)cn3Cc3c(F)cccc32)ccc1C#N.C[C@H]1C(=O)O[C@H]2C[C@]3(C)O[C@H]3[C@H](OC(=O)Nc3ccc4ccccc4c3)[C@@H](N(C)C)C3=C[C@@H](OC3=O)[C@@H]21. The molecule has 6 heterocycles. The van der Waals surface area contributed by atoms with E-state index in [0.29, 0.717) is 58.3 Å². The smallest absolute Gasteiger partial charge is 0.412 e. The third kappa shape index (κ3) is 10.0. The number of carbonyl (C=O) groups excluding carboxylic acids is 4. The molecule has 19 heteroatoms. The summed E-state index contributed by atoms with van der Waals surface area (Å²) in [5.41, 5.74) is 5.00. The number of hydrogen-bond donors (Lipinski definition) is 1. The summed E-state index contributed by atoms with van der Waals surface area (Å²) in [4.78, 5) is 65.1. The number of carbonyl (C=O) groups is 4. The molecule has 5 aliphatic rings. The highest BCUT2D eigenvalue weighted by Crippen LogP contribution is 2.51. The van der Waals surface area contributed by atoms with Crippen LogP contribution in [0.15, 0.2) is 138 Å². The lowest BCUT2D eigenvalue weighted by molar-refractivity contribution is -0.144. The molecule has 2 fully saturated rings. The molecule has 0 spiro atoms. The molecule has 78 heavy (non-hydrogen) atoms. The number of esters is 2. The first-order valence-corrected chi connectivity index (χ1v) is 26.3. The Morgan fingerprint density at radius 2 is 1.78 bits per heavy atom. The van der Waals surface area contributed by atoms with Crippen molar-refractivity contribution in [3.8, 4) is 23.1 Å². The normalized spacial score (nSPS) is 23.7. The summed E-state index contributed by atoms with van der Waals surface area (Å²) in [5.74, 6) is -0.912. The van der Waals surface area contributed by atoms with E-state index in [1.54, 1.807) is 54.7 Å². The Balaban J connectivity index is 0.000000166. The minimum atomic E-state index is -0.802. The molecular formula is C59H54BrFN8O9. The average molecular weight is 1120 g/mol. The monoisotopic (exact) mass is 1120 g/mol. The van der Waals surface area contributed by atoms with E-state index in [2.05, 4.69) is 32.3 Å². The first-order chi connectivity index (χ1) is 37.6. The minimum Gasteiger partial charge on any atom is -0.495 e. The maximum Gasteiger partial charge on any atom is 0.412 e. The molecule has 0 radical (unpaired) electrons. The molecular weight excluding hydrogens is 1060 g/mol. The first kappa shape index (κ1) is 51.9. The highest BCUT2D eigenvalue weighted by atomic mass is 79.9. The lowest BCUT2D eigenvalue weighted by atomic mass is 9.79. The van der Waals surface area contributed by atoms with Gasteiger partial charge in [0, 0.05) is 58.3 Å². The number of amides is 2. The van der Waals surface area contributed by atoms with Crippen LogP contribution in [0.3, 0.4) is 0 Å². The third-order valence-electron chi connectivity index (χ3n) is 15.3. The number of methoxy groups -OCH3 is 1. The zero-order valence-electron chi connectivity index (χ0n) is 43.3. The van der Waals surface area contributed by atoms with Gasteiger partial charge in [0.1, 0.15) is 41.8 Å². The van der Waals surface area contributed by atoms with E-state index >= 15 is 4.39 Å². The van der Waals surface area contributed by atoms with E-state index in [-0.39, 0.29) is 43.1 Å². The van der Waals surface area contributed by atoms with E-state index < -0.39 is 54.0 Å². The maximum absolute atomic E-state index is 15.2. The van der Waals surface area contributed by atoms with Crippen LogP contribution in [0.25, 0.3) is 22.0 Å². The number of nitriles is 1. The number of benzene rings is 5. The number of nitrogens with one attached hydrogen (secondary N) is 1. The Kier molecular flexibility index (Phi) is 14.0. The van der Waals surface area contributed by atoms with Crippen LogP contribution in [0, 0.1) is 29.0 Å². The zero-order valence-corrected chi connectivity index (χ0v) is 44.8. The van der Waals surface area contributed by atoms with E-state index in [9.17, 15) is 24.4 Å². The number of rotatable bonds is 9. The van der Waals surface area contributed by atoms with Gasteiger partial charge in [0.05, 0.1) is 73.0 Å². The van der Waals surface area contributed by atoms with E-state index in [1.807, 2.05) is 114 Å². The first-order valence-electron chi connectivity index (χ1n) is 25.5. The average Bonchev–Trinajstić information content (AvgIpc) is 4.04. The number of ether oxygens (including phenoxy) is 5. The Hall–Kier alpha value is -8.18. The van der Waals surface area contributed by atoms with Crippen LogP contribution in [0.4, 0.5) is 20.6 Å². The van der Waals surface area contributed by atoms with Crippen LogP contribution in [-0.4, -0.2) is 105 Å². The summed E-state index contributed by atoms with van der Waals surface area (Å²) in [6.07, 6.45) is 4.47. The number of fused-ring (bicyclic) bond motifs is 7. The van der Waals surface area contributed by atoms with Gasteiger partial charge in [0.15, 0.2) is 6.10 Å². The van der Waals surface area contributed by atoms with Crippen molar-refractivity contribution in [3.05, 3.63) is 172 Å². The molecule has 17 nitrogen and oxygen atoms in total. The predicted molar refractivity (Wildman–Crippen MR) is 289 cm³/mol. The van der Waals surface area contributed by atoms with Crippen LogP contribution in [0.2, 0.25) is 0 Å². The van der Waals surface area contributed by atoms with Crippen molar-refractivity contribution in [2.24, 2.45) is 11.8 Å². The molecule has 12 rings (SSSR count). The third-order valence-corrected chi connectivity index (χ3v) is 16.0. The molecule has 4 aliphatic heterocycles. The van der Waals surface area contributed by atoms with Crippen LogP contribution < -0.4 is 15.0 Å². The molecule has 8 atom stereocenters. The number of halogens is 2. The van der Waals surface area contributed by atoms with E-state index in [1.165, 1.54) is 13.2 Å². The number of anilines is 2. The molecule has 0 saturated carbocycles. The summed E-state index contributed by atoms with van der Waals surface area (Å²) in [5, 5.41) is 14.2. The molecule has 398 valence electrons. The number of epoxide rings is 1. The van der Waals surface area contributed by atoms with Crippen LogP contribution in [-0.2, 0) is 59.4 Å².